The third kappa shape index (κ3) is 11.8. The van der Waals surface area contributed by atoms with E-state index < -0.39 is 5.82 Å². The van der Waals surface area contributed by atoms with Crippen LogP contribution in [0, 0.1) is 5.82 Å². The highest BCUT2D eigenvalue weighted by atomic mass is 79.9. The van der Waals surface area contributed by atoms with Gasteiger partial charge in [0.05, 0.1) is 18.9 Å². The van der Waals surface area contributed by atoms with Crippen LogP contribution < -0.4 is 10.1 Å². The first-order valence-corrected chi connectivity index (χ1v) is 14.9. The zero-order chi connectivity index (χ0) is 26.3. The molecule has 2 aromatic rings. The molecule has 0 fully saturated rings. The predicted octanol–water partition coefficient (Wildman–Crippen LogP) is 9.25. The van der Waals surface area contributed by atoms with E-state index in [0.29, 0.717) is 12.2 Å². The van der Waals surface area contributed by atoms with E-state index in [9.17, 15) is 9.18 Å². The summed E-state index contributed by atoms with van der Waals surface area (Å²) >= 11 is 1.83. The van der Waals surface area contributed by atoms with E-state index in [1.165, 1.54) is 62.3 Å². The van der Waals surface area contributed by atoms with E-state index in [4.69, 9.17) is 4.74 Å². The van der Waals surface area contributed by atoms with Crippen molar-refractivity contribution < 1.29 is 13.9 Å². The molecular formula is C31H44BrFN2O2S. The van der Waals surface area contributed by atoms with Crippen molar-refractivity contribution in [3.8, 4) is 5.75 Å². The van der Waals surface area contributed by atoms with Crippen molar-refractivity contribution in [2.24, 2.45) is 0 Å². The maximum Gasteiger partial charge on any atom is 0.228 e. The molecule has 4 nitrogen and oxygen atoms in total. The van der Waals surface area contributed by atoms with Crippen LogP contribution in [0.15, 0.2) is 53.6 Å². The number of carbonyl (C=O) groups excluding carboxylic acids is 1. The molecule has 7 heteroatoms. The lowest BCUT2D eigenvalue weighted by Crippen LogP contribution is -2.16. The molecule has 1 amide bonds. The van der Waals surface area contributed by atoms with Gasteiger partial charge >= 0.3 is 0 Å². The molecule has 0 saturated heterocycles. The van der Waals surface area contributed by atoms with Crippen LogP contribution in [0.25, 0.3) is 0 Å². The van der Waals surface area contributed by atoms with Gasteiger partial charge in [0.15, 0.2) is 11.6 Å². The maximum atomic E-state index is 14.5. The number of ether oxygens (including phenoxy) is 1. The van der Waals surface area contributed by atoms with Crippen molar-refractivity contribution in [2.45, 2.75) is 91.0 Å². The molecule has 210 valence electrons. The number of rotatable bonds is 17. The SMILES string of the molecule is Br.CCCCCCCCCCCCOc1c(F)cccc1CC(=O)Nc1cccc(CN2C=C(C)SC2)c1. The Balaban J connectivity index is 0.00000507. The van der Waals surface area contributed by atoms with E-state index >= 15 is 0 Å². The van der Waals surface area contributed by atoms with Gasteiger partial charge in [-0.25, -0.2) is 4.39 Å². The van der Waals surface area contributed by atoms with Crippen LogP contribution in [0.4, 0.5) is 10.1 Å². The van der Waals surface area contributed by atoms with Gasteiger partial charge in [0, 0.05) is 24.0 Å². The highest BCUT2D eigenvalue weighted by molar-refractivity contribution is 8.93. The predicted molar refractivity (Wildman–Crippen MR) is 165 cm³/mol. The summed E-state index contributed by atoms with van der Waals surface area (Å²) < 4.78 is 20.4. The number of anilines is 1. The molecule has 0 atom stereocenters. The Morgan fingerprint density at radius 3 is 2.37 bits per heavy atom. The summed E-state index contributed by atoms with van der Waals surface area (Å²) in [5.41, 5.74) is 2.46. The summed E-state index contributed by atoms with van der Waals surface area (Å²) in [6.45, 7) is 5.63. The van der Waals surface area contributed by atoms with Gasteiger partial charge in [-0.1, -0.05) is 89.0 Å². The van der Waals surface area contributed by atoms with Crippen molar-refractivity contribution in [3.05, 3.63) is 70.5 Å². The summed E-state index contributed by atoms with van der Waals surface area (Å²) in [6.07, 6.45) is 14.6. The number of hydrogen-bond acceptors (Lipinski definition) is 4. The van der Waals surface area contributed by atoms with Crippen LogP contribution in [0.2, 0.25) is 0 Å². The molecular weight excluding hydrogens is 563 g/mol. The van der Waals surface area contributed by atoms with Crippen LogP contribution in [0.1, 0.15) is 89.2 Å². The molecule has 1 aliphatic rings. The quantitative estimate of drug-likeness (QED) is 0.182. The smallest absolute Gasteiger partial charge is 0.228 e. The highest BCUT2D eigenvalue weighted by Gasteiger charge is 2.15. The highest BCUT2D eigenvalue weighted by Crippen LogP contribution is 2.27. The first kappa shape index (κ1) is 32.2. The second kappa shape index (κ2) is 18.3. The number of amides is 1. The zero-order valence-electron chi connectivity index (χ0n) is 23.0. The van der Waals surface area contributed by atoms with Gasteiger partial charge in [-0.15, -0.1) is 28.7 Å². The number of allylic oxidation sites excluding steroid dienone is 1. The molecule has 0 radical (unpaired) electrons. The van der Waals surface area contributed by atoms with Crippen LogP contribution in [0.3, 0.4) is 0 Å². The minimum atomic E-state index is -0.411. The Labute approximate surface area is 243 Å². The third-order valence-electron chi connectivity index (χ3n) is 6.56. The minimum Gasteiger partial charge on any atom is -0.490 e. The average Bonchev–Trinajstić information content (AvgIpc) is 3.28. The lowest BCUT2D eigenvalue weighted by Gasteiger charge is -2.15. The molecule has 0 aliphatic carbocycles. The van der Waals surface area contributed by atoms with E-state index in [1.54, 1.807) is 12.1 Å². The first-order chi connectivity index (χ1) is 18.0. The molecule has 1 heterocycles. The van der Waals surface area contributed by atoms with Gasteiger partial charge in [-0.2, -0.15) is 0 Å². The molecule has 3 rings (SSSR count). The van der Waals surface area contributed by atoms with Crippen molar-refractivity contribution in [1.82, 2.24) is 4.90 Å². The molecule has 1 N–H and O–H groups in total. The molecule has 0 unspecified atom stereocenters. The molecule has 0 aromatic heterocycles. The summed E-state index contributed by atoms with van der Waals surface area (Å²) in [7, 11) is 0. The fourth-order valence-corrected chi connectivity index (χ4v) is 5.34. The Bertz CT molecular complexity index is 1020. The number of nitrogens with one attached hydrogen (secondary N) is 1. The number of hydrogen-bond donors (Lipinski definition) is 1. The third-order valence-corrected chi connectivity index (χ3v) is 7.58. The summed E-state index contributed by atoms with van der Waals surface area (Å²) in [5, 5.41) is 2.97. The van der Waals surface area contributed by atoms with Crippen LogP contribution in [0.5, 0.6) is 5.75 Å². The van der Waals surface area contributed by atoms with Gasteiger partial charge < -0.3 is 15.0 Å². The van der Waals surface area contributed by atoms with E-state index in [-0.39, 0.29) is 35.1 Å². The van der Waals surface area contributed by atoms with Crippen LogP contribution in [-0.4, -0.2) is 23.3 Å². The largest absolute Gasteiger partial charge is 0.490 e. The van der Waals surface area contributed by atoms with Gasteiger partial charge in [-0.05, 0) is 42.0 Å². The summed E-state index contributed by atoms with van der Waals surface area (Å²) in [6, 6.07) is 12.7. The normalized spacial score (nSPS) is 12.7. The van der Waals surface area contributed by atoms with Crippen LogP contribution in [-0.2, 0) is 17.8 Å². The lowest BCUT2D eigenvalue weighted by atomic mass is 10.1. The van der Waals surface area contributed by atoms with Crippen molar-refractivity contribution >= 4 is 40.3 Å². The molecule has 2 aromatic carbocycles. The van der Waals surface area contributed by atoms with E-state index in [2.05, 4.69) is 36.3 Å². The van der Waals surface area contributed by atoms with E-state index in [0.717, 1.165) is 36.5 Å². The average molecular weight is 608 g/mol. The number of nitrogens with zero attached hydrogens (tertiary/aromatic N) is 1. The Kier molecular flexibility index (Phi) is 15.5. The number of thioether (sulfide) groups is 1. The molecule has 38 heavy (non-hydrogen) atoms. The lowest BCUT2D eigenvalue weighted by molar-refractivity contribution is -0.115. The second-order valence-corrected chi connectivity index (χ2v) is 11.1. The molecule has 0 saturated carbocycles. The van der Waals surface area contributed by atoms with Crippen LogP contribution >= 0.6 is 28.7 Å². The number of halogens is 2. The van der Waals surface area contributed by atoms with Gasteiger partial charge in [0.25, 0.3) is 0 Å². The van der Waals surface area contributed by atoms with Gasteiger partial charge in [0.2, 0.25) is 5.91 Å². The van der Waals surface area contributed by atoms with Gasteiger partial charge in [-0.3, -0.25) is 4.79 Å². The van der Waals surface area contributed by atoms with Crippen molar-refractivity contribution in [2.75, 3.05) is 17.8 Å². The summed E-state index contributed by atoms with van der Waals surface area (Å²) in [5.74, 6) is 0.561. The zero-order valence-corrected chi connectivity index (χ0v) is 25.5. The van der Waals surface area contributed by atoms with Crippen molar-refractivity contribution in [1.29, 1.82) is 0 Å². The monoisotopic (exact) mass is 606 g/mol. The minimum absolute atomic E-state index is 0. The Hall–Kier alpha value is -1.99. The topological polar surface area (TPSA) is 41.6 Å². The number of unbranched alkanes of at least 4 members (excludes halogenated alkanes) is 9. The Morgan fingerprint density at radius 1 is 1.00 bits per heavy atom. The fraction of sp³-hybridized carbons (Fsp3) is 0.516. The second-order valence-electron chi connectivity index (χ2n) is 9.94. The molecule has 0 spiro atoms. The number of benzene rings is 2. The molecule has 1 aliphatic heterocycles. The Morgan fingerprint density at radius 2 is 1.68 bits per heavy atom. The first-order valence-electron chi connectivity index (χ1n) is 13.9. The number of carbonyl (C=O) groups is 1. The van der Waals surface area contributed by atoms with Gasteiger partial charge in [0.1, 0.15) is 0 Å². The van der Waals surface area contributed by atoms with Crippen molar-refractivity contribution in [3.63, 3.8) is 0 Å². The summed E-state index contributed by atoms with van der Waals surface area (Å²) in [4.78, 5) is 16.4. The maximum absolute atomic E-state index is 14.5. The molecule has 0 bridgehead atoms. The standard InChI is InChI=1S/C31H43FN2O2S.BrH/c1-3-4-5-6-7-8-9-10-11-12-19-36-31-27(16-14-18-29(31)32)21-30(35)33-28-17-13-15-26(20-28)23-34-22-25(2)37-24-34;/h13-18,20,22H,3-12,19,21,23-24H2,1-2H3,(H,33,35);1H. The fourth-order valence-electron chi connectivity index (χ4n) is 4.59. The number of para-hydroxylation sites is 1. The van der Waals surface area contributed by atoms with E-state index in [1.807, 2.05) is 30.0 Å².